The Kier molecular flexibility index (Phi) is 10.5. The molecule has 0 aliphatic heterocycles. The molecule has 0 atom stereocenters. The van der Waals surface area contributed by atoms with E-state index < -0.39 is 0 Å². The van der Waals surface area contributed by atoms with E-state index in [0.717, 1.165) is 11.4 Å². The van der Waals surface area contributed by atoms with E-state index in [1.54, 1.807) is 11.3 Å². The van der Waals surface area contributed by atoms with Crippen molar-refractivity contribution in [3.8, 4) is 5.75 Å². The molecule has 160 valence electrons. The Hall–Kier alpha value is -1.81. The molecule has 1 amide bonds. The van der Waals surface area contributed by atoms with Crippen molar-refractivity contribution in [2.24, 2.45) is 4.99 Å². The van der Waals surface area contributed by atoms with Gasteiger partial charge in [0, 0.05) is 16.1 Å². The van der Waals surface area contributed by atoms with Crippen LogP contribution in [0.3, 0.4) is 0 Å². The van der Waals surface area contributed by atoms with Crippen LogP contribution in [0.1, 0.15) is 39.5 Å². The fourth-order valence-corrected chi connectivity index (χ4v) is 3.00. The second-order valence-corrected chi connectivity index (χ2v) is 8.74. The van der Waals surface area contributed by atoms with Crippen molar-refractivity contribution in [3.05, 3.63) is 46.7 Å². The van der Waals surface area contributed by atoms with E-state index in [0.29, 0.717) is 12.5 Å². The number of aliphatic imine (C=N–C) groups is 1. The number of nitrogens with zero attached hydrogens (tertiary/aromatic N) is 1. The number of hydrogen-bond donors (Lipinski definition) is 3. The van der Waals surface area contributed by atoms with Gasteiger partial charge in [0.25, 0.3) is 0 Å². The van der Waals surface area contributed by atoms with Gasteiger partial charge < -0.3 is 20.7 Å². The molecule has 2 rings (SSSR count). The molecule has 0 bridgehead atoms. The fraction of sp³-hybridized carbons (Fsp3) is 0.429. The summed E-state index contributed by atoms with van der Waals surface area (Å²) in [5.74, 6) is 1.25. The zero-order chi connectivity index (χ0) is 20.6. The normalized spacial score (nSPS) is 11.6. The standard InChI is InChI=1S/C21H30N4O2S.HI/c1-15(2)27-17-10-8-16(9-11-17)24-20(22-13-18-7-6-12-28-18)23-14-19(26)25-21(3,4)5;/h6-12,15H,13-14H2,1-5H3,(H,25,26)(H2,22,23,24);1H. The first-order valence-electron chi connectivity index (χ1n) is 9.37. The van der Waals surface area contributed by atoms with Crippen molar-refractivity contribution in [3.63, 3.8) is 0 Å². The number of halogens is 1. The van der Waals surface area contributed by atoms with Gasteiger partial charge in [-0.05, 0) is 70.3 Å². The Labute approximate surface area is 194 Å². The first kappa shape index (κ1) is 25.2. The summed E-state index contributed by atoms with van der Waals surface area (Å²) in [6, 6.07) is 11.7. The Morgan fingerprint density at radius 3 is 2.41 bits per heavy atom. The molecule has 0 saturated carbocycles. The predicted octanol–water partition coefficient (Wildman–Crippen LogP) is 4.63. The van der Waals surface area contributed by atoms with Gasteiger partial charge in [0.05, 0.1) is 12.6 Å². The van der Waals surface area contributed by atoms with Crippen molar-refractivity contribution in [2.75, 3.05) is 11.9 Å². The maximum absolute atomic E-state index is 12.1. The second kappa shape index (κ2) is 12.0. The number of hydrogen-bond acceptors (Lipinski definition) is 4. The Bertz CT molecular complexity index is 769. The Morgan fingerprint density at radius 2 is 1.86 bits per heavy atom. The number of benzene rings is 1. The van der Waals surface area contributed by atoms with Crippen molar-refractivity contribution >= 4 is 52.9 Å². The number of thiophene rings is 1. The van der Waals surface area contributed by atoms with Crippen LogP contribution >= 0.6 is 35.3 Å². The Balaban J connectivity index is 0.00000420. The molecule has 0 spiro atoms. The van der Waals surface area contributed by atoms with Crippen molar-refractivity contribution < 1.29 is 9.53 Å². The molecule has 0 unspecified atom stereocenters. The zero-order valence-electron chi connectivity index (χ0n) is 17.6. The third-order valence-electron chi connectivity index (χ3n) is 3.39. The van der Waals surface area contributed by atoms with Crippen molar-refractivity contribution in [1.29, 1.82) is 0 Å². The van der Waals surface area contributed by atoms with Gasteiger partial charge in [-0.3, -0.25) is 4.79 Å². The highest BCUT2D eigenvalue weighted by atomic mass is 127. The summed E-state index contributed by atoms with van der Waals surface area (Å²) in [5, 5.41) is 11.5. The van der Waals surface area contributed by atoms with Crippen LogP contribution in [0.4, 0.5) is 5.69 Å². The summed E-state index contributed by atoms with van der Waals surface area (Å²) >= 11 is 1.67. The molecule has 0 aliphatic rings. The largest absolute Gasteiger partial charge is 0.491 e. The molecule has 0 fully saturated rings. The molecule has 3 N–H and O–H groups in total. The van der Waals surface area contributed by atoms with Crippen LogP contribution in [0.25, 0.3) is 0 Å². The summed E-state index contributed by atoms with van der Waals surface area (Å²) in [7, 11) is 0. The van der Waals surface area contributed by atoms with E-state index in [2.05, 4.69) is 27.0 Å². The molecule has 1 aromatic carbocycles. The molecule has 1 heterocycles. The van der Waals surface area contributed by atoms with Crippen LogP contribution in [0, 0.1) is 0 Å². The molecule has 29 heavy (non-hydrogen) atoms. The smallest absolute Gasteiger partial charge is 0.242 e. The van der Waals surface area contributed by atoms with Gasteiger partial charge in [0.2, 0.25) is 5.91 Å². The SMILES string of the molecule is CC(C)Oc1ccc(NC(=NCC(=O)NC(C)(C)C)NCc2cccs2)cc1.I. The lowest BCUT2D eigenvalue weighted by Crippen LogP contribution is -2.42. The molecule has 1 aromatic heterocycles. The minimum Gasteiger partial charge on any atom is -0.491 e. The maximum Gasteiger partial charge on any atom is 0.242 e. The van der Waals surface area contributed by atoms with Crippen LogP contribution in [-0.4, -0.2) is 30.1 Å². The third kappa shape index (κ3) is 10.5. The van der Waals surface area contributed by atoms with Gasteiger partial charge in [-0.25, -0.2) is 4.99 Å². The number of ether oxygens (including phenoxy) is 1. The highest BCUT2D eigenvalue weighted by Crippen LogP contribution is 2.17. The van der Waals surface area contributed by atoms with E-state index in [-0.39, 0.29) is 48.1 Å². The van der Waals surface area contributed by atoms with Crippen LogP contribution in [0.5, 0.6) is 5.75 Å². The number of nitrogens with one attached hydrogen (secondary N) is 3. The number of carbonyl (C=O) groups excluding carboxylic acids is 1. The number of anilines is 1. The first-order chi connectivity index (χ1) is 13.2. The lowest BCUT2D eigenvalue weighted by Gasteiger charge is -2.20. The monoisotopic (exact) mass is 530 g/mol. The van der Waals surface area contributed by atoms with Crippen molar-refractivity contribution in [1.82, 2.24) is 10.6 Å². The minimum atomic E-state index is -0.281. The molecule has 6 nitrogen and oxygen atoms in total. The fourth-order valence-electron chi connectivity index (χ4n) is 2.36. The van der Waals surface area contributed by atoms with E-state index in [1.807, 2.05) is 70.3 Å². The van der Waals surface area contributed by atoms with Gasteiger partial charge in [0.1, 0.15) is 12.3 Å². The van der Waals surface area contributed by atoms with Crippen LogP contribution in [-0.2, 0) is 11.3 Å². The molecular formula is C21H31IN4O2S. The number of rotatable bonds is 7. The highest BCUT2D eigenvalue weighted by Gasteiger charge is 2.13. The first-order valence-corrected chi connectivity index (χ1v) is 10.2. The van der Waals surface area contributed by atoms with Crippen molar-refractivity contribution in [2.45, 2.75) is 52.8 Å². The lowest BCUT2D eigenvalue weighted by atomic mass is 10.1. The second-order valence-electron chi connectivity index (χ2n) is 7.71. The number of guanidine groups is 1. The quantitative estimate of drug-likeness (QED) is 0.278. The summed E-state index contributed by atoms with van der Waals surface area (Å²) in [6.07, 6.45) is 0.129. The zero-order valence-corrected chi connectivity index (χ0v) is 20.8. The molecule has 8 heteroatoms. The van der Waals surface area contributed by atoms with Gasteiger partial charge in [-0.15, -0.1) is 35.3 Å². The van der Waals surface area contributed by atoms with E-state index in [9.17, 15) is 4.79 Å². The average molecular weight is 530 g/mol. The number of amides is 1. The van der Waals surface area contributed by atoms with Gasteiger partial charge >= 0.3 is 0 Å². The molecule has 0 radical (unpaired) electrons. The highest BCUT2D eigenvalue weighted by molar-refractivity contribution is 14.0. The van der Waals surface area contributed by atoms with E-state index >= 15 is 0 Å². The molecule has 0 aliphatic carbocycles. The summed E-state index contributed by atoms with van der Waals surface area (Å²) in [4.78, 5) is 17.7. The van der Waals surface area contributed by atoms with Crippen LogP contribution in [0.2, 0.25) is 0 Å². The Morgan fingerprint density at radius 1 is 1.17 bits per heavy atom. The molecule has 0 saturated heterocycles. The summed E-state index contributed by atoms with van der Waals surface area (Å²) in [6.45, 7) is 10.5. The van der Waals surface area contributed by atoms with Gasteiger partial charge in [-0.2, -0.15) is 0 Å². The molecule has 2 aromatic rings. The maximum atomic E-state index is 12.1. The van der Waals surface area contributed by atoms with Crippen LogP contribution in [0.15, 0.2) is 46.8 Å². The minimum absolute atomic E-state index is 0. The lowest BCUT2D eigenvalue weighted by molar-refractivity contribution is -0.121. The number of carbonyl (C=O) groups is 1. The predicted molar refractivity (Wildman–Crippen MR) is 133 cm³/mol. The average Bonchev–Trinajstić information content (AvgIpc) is 3.10. The van der Waals surface area contributed by atoms with Crippen LogP contribution < -0.4 is 20.7 Å². The molecular weight excluding hydrogens is 499 g/mol. The van der Waals surface area contributed by atoms with Gasteiger partial charge in [0.15, 0.2) is 5.96 Å². The third-order valence-corrected chi connectivity index (χ3v) is 4.27. The summed E-state index contributed by atoms with van der Waals surface area (Å²) in [5.41, 5.74) is 0.585. The van der Waals surface area contributed by atoms with E-state index in [1.165, 1.54) is 4.88 Å². The topological polar surface area (TPSA) is 74.8 Å². The van der Waals surface area contributed by atoms with E-state index in [4.69, 9.17) is 4.74 Å². The summed E-state index contributed by atoms with van der Waals surface area (Å²) < 4.78 is 5.67. The van der Waals surface area contributed by atoms with Gasteiger partial charge in [-0.1, -0.05) is 6.07 Å².